The molecule has 25 aromatic rings. The van der Waals surface area contributed by atoms with Crippen LogP contribution in [-0.4, -0.2) is 78.9 Å². The number of hydrogen-bond donors (Lipinski definition) is 0. The number of nitrogens with zero attached hydrogens (tertiary/aromatic N) is 13. The van der Waals surface area contributed by atoms with E-state index in [1.54, 1.807) is 18.6 Å². The minimum atomic E-state index is -2.86. The van der Waals surface area contributed by atoms with Crippen molar-refractivity contribution < 1.29 is 15.8 Å². The van der Waals surface area contributed by atoms with E-state index in [4.69, 9.17) is 40.7 Å². The molecule has 16 aromatic carbocycles. The number of pyridine rings is 5. The molecule has 9 aromatic heterocycles. The van der Waals surface area contributed by atoms with Gasteiger partial charge in [-0.2, -0.15) is 0 Å². The van der Waals surface area contributed by atoms with Crippen molar-refractivity contribution in [1.82, 2.24) is 63.8 Å². The van der Waals surface area contributed by atoms with E-state index in [2.05, 4.69) is 328 Å². The van der Waals surface area contributed by atoms with E-state index in [1.165, 1.54) is 33.4 Å². The molecule has 0 amide bonds. The normalized spacial score (nSPS) is 11.3. The third kappa shape index (κ3) is 18.2. The van der Waals surface area contributed by atoms with Crippen molar-refractivity contribution in [3.63, 3.8) is 0 Å². The second-order valence-electron chi connectivity index (χ2n) is 35.1. The fraction of sp³-hybridized carbons (Fsp3) is 0.0492. The highest BCUT2D eigenvalue weighted by molar-refractivity contribution is 6.40. The SMILES string of the molecule is CC(C)(C)c1ccc(-c2nnc(-c3ccc(-c4ccccc4)cc3)o2)cc1.Cc1cc(-c2ccccc2)c2ccc3c(-c4ccccc4)cc(C)nc3c2n1.c1ccc(-n2c(-c3cc(-c4nc5ccccc5n4-c4ccccc4)cc(-c4nc5ccccc5n4-c4ccccc4)c3)nc3ccccc32)cc1.c1cnc2c([O][Al]([O]c3cccc4cccnc34)[O]c3cccc4cccnc34)cccc2c1. The number of aromatic nitrogens is 13. The second-order valence-corrected chi connectivity index (χ2v) is 36.4. The molecule has 0 N–H and O–H groups in total. The van der Waals surface area contributed by atoms with Crippen LogP contribution in [0.2, 0.25) is 0 Å². The largest absolute Gasteiger partial charge is 1.20 e. The van der Waals surface area contributed by atoms with E-state index < -0.39 is 15.1 Å². The van der Waals surface area contributed by atoms with Gasteiger partial charge in [0.2, 0.25) is 11.8 Å². The summed E-state index contributed by atoms with van der Waals surface area (Å²) in [6, 6.07) is 149. The van der Waals surface area contributed by atoms with Crippen LogP contribution in [0.5, 0.6) is 17.2 Å². The van der Waals surface area contributed by atoms with Gasteiger partial charge in [-0.3, -0.25) is 38.6 Å². The van der Waals surface area contributed by atoms with Crippen molar-refractivity contribution in [1.29, 1.82) is 0 Å². The maximum atomic E-state index is 6.41. The second kappa shape index (κ2) is 38.8. The molecule has 670 valence electrons. The Bertz CT molecular complexity index is 8150. The molecule has 0 saturated carbocycles. The summed E-state index contributed by atoms with van der Waals surface area (Å²) in [5, 5.41) is 13.7. The zero-order chi connectivity index (χ0) is 94.4. The van der Waals surface area contributed by atoms with Crippen LogP contribution in [0.1, 0.15) is 37.7 Å². The Morgan fingerprint density at radius 1 is 0.257 bits per heavy atom. The van der Waals surface area contributed by atoms with Crippen LogP contribution in [0.15, 0.2) is 460 Å². The fourth-order valence-corrected chi connectivity index (χ4v) is 19.4. The summed E-state index contributed by atoms with van der Waals surface area (Å²) in [7, 11) is 0. The van der Waals surface area contributed by atoms with Gasteiger partial charge >= 0.3 is 15.1 Å². The molecule has 0 fully saturated rings. The van der Waals surface area contributed by atoms with E-state index in [0.29, 0.717) is 29.0 Å². The number of imidazole rings is 3. The molecule has 18 heteroatoms. The number of fused-ring (bicyclic) bond motifs is 9. The number of hydrogen-bond acceptors (Lipinski definition) is 14. The number of aryl methyl sites for hydroxylation is 2. The summed E-state index contributed by atoms with van der Waals surface area (Å²) in [5.74, 6) is 5.42. The Morgan fingerprint density at radius 2 is 0.557 bits per heavy atom. The molecule has 0 spiro atoms. The van der Waals surface area contributed by atoms with E-state index in [1.807, 2.05) is 182 Å². The summed E-state index contributed by atoms with van der Waals surface area (Å²) in [5.41, 5.74) is 28.5. The average Bonchev–Trinajstić information content (AvgIpc) is 1.53. The lowest BCUT2D eigenvalue weighted by atomic mass is 9.87. The van der Waals surface area contributed by atoms with Crippen molar-refractivity contribution >= 4 is 103 Å². The van der Waals surface area contributed by atoms with E-state index in [0.717, 1.165) is 167 Å². The fourth-order valence-electron chi connectivity index (χ4n) is 18.0. The molecular formula is C122H90AlN13O4. The molecule has 17 nitrogen and oxygen atoms in total. The predicted octanol–water partition coefficient (Wildman–Crippen LogP) is 29.7. The van der Waals surface area contributed by atoms with Crippen molar-refractivity contribution in [2.75, 3.05) is 0 Å². The highest BCUT2D eigenvalue weighted by atomic mass is 27.3. The Labute approximate surface area is 813 Å². The van der Waals surface area contributed by atoms with Crippen LogP contribution < -0.4 is 11.4 Å². The quantitative estimate of drug-likeness (QED) is 0.0619. The Balaban J connectivity index is 0.000000112. The van der Waals surface area contributed by atoms with Crippen molar-refractivity contribution in [2.24, 2.45) is 0 Å². The van der Waals surface area contributed by atoms with E-state index >= 15 is 0 Å². The Kier molecular flexibility index (Phi) is 24.2. The maximum Gasteiger partial charge on any atom is 1.20 e. The first-order valence-electron chi connectivity index (χ1n) is 46.6. The summed E-state index contributed by atoms with van der Waals surface area (Å²) < 4.78 is 31.9. The standard InChI is InChI=1S/C45H30N6.C26H20N2.C24H22N2O.3C9H7NO.Al/c1-4-16-34(17-5-1)49-40-25-13-10-22-37(40)46-43(49)31-28-32(44-47-38-23-11-14-26-41(38)50(44)35-18-6-2-7-19-35)30-33(29-31)45-48-39-24-12-15-27-42(39)51(45)36-20-8-3-9-21-36;1-17-15-23(19-9-5-3-6-10-19)21-13-14-22-24(20-11-7-4-8-12-20)16-18(2)28-26(22)25(21)27-17;1-24(2,3)21-15-13-20(14-16-21)23-26-25-22(27-23)19-11-9-18(10-12-19)17-7-5-4-6-8-17;3*11-8-5-1-3-7-4-2-6-10-9(7)8;/h1-30H;3-16H,1-2H3;4-16H,1-3H3;3*1-6,11H;/q;;;;;;+3/p-3. The van der Waals surface area contributed by atoms with Gasteiger partial charge in [-0.1, -0.05) is 294 Å². The zero-order valence-electron chi connectivity index (χ0n) is 77.3. The topological polar surface area (TPSA) is 185 Å². The molecule has 0 bridgehead atoms. The first-order chi connectivity index (χ1) is 68.9. The third-order valence-electron chi connectivity index (χ3n) is 24.7. The van der Waals surface area contributed by atoms with Gasteiger partial charge in [0.1, 0.15) is 51.3 Å². The molecule has 0 unspecified atom stereocenters. The third-order valence-corrected chi connectivity index (χ3v) is 26.1. The van der Waals surface area contributed by atoms with Crippen molar-refractivity contribution in [3.05, 3.63) is 472 Å². The van der Waals surface area contributed by atoms with Crippen LogP contribution in [0, 0.1) is 13.8 Å². The highest BCUT2D eigenvalue weighted by Gasteiger charge is 2.46. The van der Waals surface area contributed by atoms with Crippen molar-refractivity contribution in [2.45, 2.75) is 40.0 Å². The minimum Gasteiger partial charge on any atom is -0.576 e. The number of benzene rings is 16. The van der Waals surface area contributed by atoms with Gasteiger partial charge in [0.05, 0.1) is 44.1 Å². The summed E-state index contributed by atoms with van der Waals surface area (Å²) >= 11 is -2.86. The van der Waals surface area contributed by atoms with Gasteiger partial charge in [-0.25, -0.2) is 15.0 Å². The number of rotatable bonds is 17. The molecule has 9 heterocycles. The average molecular weight is 1830 g/mol. The molecule has 0 aliphatic heterocycles. The molecule has 0 atom stereocenters. The lowest BCUT2D eigenvalue weighted by molar-refractivity contribution is 0.311. The van der Waals surface area contributed by atoms with E-state index in [9.17, 15) is 0 Å². The van der Waals surface area contributed by atoms with Crippen molar-refractivity contribution in [3.8, 4) is 125 Å². The molecule has 0 aliphatic rings. The minimum absolute atomic E-state index is 0.124. The van der Waals surface area contributed by atoms with Crippen LogP contribution >= 0.6 is 0 Å². The molecule has 140 heavy (non-hydrogen) atoms. The zero-order valence-corrected chi connectivity index (χ0v) is 78.5. The molecule has 0 aliphatic carbocycles. The van der Waals surface area contributed by atoms with Gasteiger partial charge in [0.25, 0.3) is 0 Å². The first-order valence-corrected chi connectivity index (χ1v) is 48.0. The molecule has 0 saturated heterocycles. The molecular weight excluding hydrogens is 1740 g/mol. The smallest absolute Gasteiger partial charge is 0.576 e. The molecule has 0 radical (unpaired) electrons. The van der Waals surface area contributed by atoms with E-state index in [-0.39, 0.29) is 5.41 Å². The highest BCUT2D eigenvalue weighted by Crippen LogP contribution is 2.43. The lowest BCUT2D eigenvalue weighted by Gasteiger charge is -2.18. The maximum absolute atomic E-state index is 6.41. The van der Waals surface area contributed by atoms with Crippen LogP contribution in [-0.2, 0) is 5.41 Å². The summed E-state index contributed by atoms with van der Waals surface area (Å²) in [4.78, 5) is 39.2. The van der Waals surface area contributed by atoms with Gasteiger partial charge in [0.15, 0.2) is 0 Å². The van der Waals surface area contributed by atoms with Gasteiger partial charge < -0.3 is 15.8 Å². The molecule has 25 rings (SSSR count). The Hall–Kier alpha value is -17.9. The summed E-state index contributed by atoms with van der Waals surface area (Å²) in [6.07, 6.45) is 5.24. The van der Waals surface area contributed by atoms with Crippen LogP contribution in [0.25, 0.3) is 195 Å². The van der Waals surface area contributed by atoms with Crippen LogP contribution in [0.4, 0.5) is 0 Å². The van der Waals surface area contributed by atoms with Gasteiger partial charge in [-0.15, -0.1) is 10.2 Å². The van der Waals surface area contributed by atoms with Crippen LogP contribution in [0.3, 0.4) is 0 Å². The number of para-hydroxylation sites is 12. The predicted molar refractivity (Wildman–Crippen MR) is 566 cm³/mol. The van der Waals surface area contributed by atoms with Gasteiger partial charge in [0, 0.05) is 102 Å². The summed E-state index contributed by atoms with van der Waals surface area (Å²) in [6.45, 7) is 10.7. The monoisotopic (exact) mass is 1830 g/mol. The lowest BCUT2D eigenvalue weighted by Crippen LogP contribution is -2.37. The van der Waals surface area contributed by atoms with Gasteiger partial charge in [-0.05, 0) is 222 Å². The Morgan fingerprint density at radius 3 is 0.907 bits per heavy atom. The first kappa shape index (κ1) is 87.4.